The maximum Gasteiger partial charge on any atom is 0.269 e. The van der Waals surface area contributed by atoms with E-state index in [2.05, 4.69) is 9.97 Å². The van der Waals surface area contributed by atoms with Gasteiger partial charge in [0.2, 0.25) is 0 Å². The van der Waals surface area contributed by atoms with Gasteiger partial charge in [-0.15, -0.1) is 0 Å². The number of hydrogen-bond donors (Lipinski definition) is 1. The highest BCUT2D eigenvalue weighted by atomic mass is 16.1. The SMILES string of the molecule is [2H]Cc1nc(C)c(C)[nH]c1=O. The molecule has 10 heavy (non-hydrogen) atoms. The van der Waals surface area contributed by atoms with Crippen molar-refractivity contribution in [1.82, 2.24) is 9.97 Å². The van der Waals surface area contributed by atoms with Crippen molar-refractivity contribution in [3.63, 3.8) is 0 Å². The van der Waals surface area contributed by atoms with Crippen molar-refractivity contribution >= 4 is 0 Å². The van der Waals surface area contributed by atoms with Gasteiger partial charge in [0, 0.05) is 7.06 Å². The molecule has 0 aliphatic rings. The number of H-pyrrole nitrogens is 1. The maximum absolute atomic E-state index is 11.0. The lowest BCUT2D eigenvalue weighted by atomic mass is 10.3. The largest absolute Gasteiger partial charge is 0.323 e. The molecular weight excluding hydrogens is 128 g/mol. The quantitative estimate of drug-likeness (QED) is 0.575. The number of nitrogens with zero attached hydrogens (tertiary/aromatic N) is 1. The Bertz CT molecular complexity index is 319. The van der Waals surface area contributed by atoms with E-state index in [-0.39, 0.29) is 18.2 Å². The molecular formula is C7H10N2O. The normalized spacial score (nSPS) is 11.2. The molecule has 0 saturated carbocycles. The minimum absolute atomic E-state index is 0.0591. The number of nitrogens with one attached hydrogen (secondary N) is 1. The molecule has 1 N–H and O–H groups in total. The average Bonchev–Trinajstić information content (AvgIpc) is 1.97. The summed E-state index contributed by atoms with van der Waals surface area (Å²) in [5.74, 6) is 0. The highest BCUT2D eigenvalue weighted by molar-refractivity contribution is 5.09. The molecule has 0 aliphatic carbocycles. The summed E-state index contributed by atoms with van der Waals surface area (Å²) in [6, 6.07) is 0. The fraction of sp³-hybridized carbons (Fsp3) is 0.429. The van der Waals surface area contributed by atoms with Crippen LogP contribution < -0.4 is 5.56 Å². The third-order valence-electron chi connectivity index (χ3n) is 1.41. The van der Waals surface area contributed by atoms with E-state index in [1.54, 1.807) is 6.92 Å². The van der Waals surface area contributed by atoms with E-state index in [1.807, 2.05) is 6.92 Å². The van der Waals surface area contributed by atoms with E-state index < -0.39 is 0 Å². The molecule has 0 radical (unpaired) electrons. The van der Waals surface area contributed by atoms with E-state index in [4.69, 9.17) is 1.37 Å². The second-order valence-corrected chi connectivity index (χ2v) is 2.22. The molecule has 1 rings (SSSR count). The standard InChI is InChI=1S/C7H10N2O/c1-4-5(2)9-7(10)6(3)8-4/h1-3H3,(H,9,10)/i3D. The van der Waals surface area contributed by atoms with Crippen LogP contribution in [0.4, 0.5) is 0 Å². The van der Waals surface area contributed by atoms with Crippen LogP contribution in [0.15, 0.2) is 4.79 Å². The van der Waals surface area contributed by atoms with Gasteiger partial charge in [-0.05, 0) is 20.7 Å². The lowest BCUT2D eigenvalue weighted by molar-refractivity contribution is 0.965. The fourth-order valence-corrected chi connectivity index (χ4v) is 0.670. The molecule has 1 aromatic heterocycles. The van der Waals surface area contributed by atoms with Crippen molar-refractivity contribution in [2.45, 2.75) is 20.7 Å². The Labute approximate surface area is 60.5 Å². The van der Waals surface area contributed by atoms with Gasteiger partial charge in [0.15, 0.2) is 0 Å². The first kappa shape index (κ1) is 5.65. The van der Waals surface area contributed by atoms with Gasteiger partial charge in [-0.25, -0.2) is 0 Å². The first-order valence-electron chi connectivity index (χ1n) is 3.71. The minimum Gasteiger partial charge on any atom is -0.323 e. The molecule has 0 spiro atoms. The van der Waals surface area contributed by atoms with Crippen molar-refractivity contribution in [1.29, 1.82) is 0 Å². The van der Waals surface area contributed by atoms with Gasteiger partial charge >= 0.3 is 0 Å². The third kappa shape index (κ3) is 1.07. The molecule has 1 heterocycles. The lowest BCUT2D eigenvalue weighted by Crippen LogP contribution is -2.14. The van der Waals surface area contributed by atoms with E-state index >= 15 is 0 Å². The average molecular weight is 139 g/mol. The fourth-order valence-electron chi connectivity index (χ4n) is 0.670. The monoisotopic (exact) mass is 139 g/mol. The Hall–Kier alpha value is -1.12. The molecule has 3 nitrogen and oxygen atoms in total. The number of aryl methyl sites for hydroxylation is 3. The Morgan fingerprint density at radius 1 is 1.50 bits per heavy atom. The molecule has 0 bridgehead atoms. The zero-order valence-electron chi connectivity index (χ0n) is 7.06. The van der Waals surface area contributed by atoms with Crippen LogP contribution in [0.5, 0.6) is 0 Å². The second kappa shape index (κ2) is 2.25. The molecule has 0 aromatic carbocycles. The third-order valence-corrected chi connectivity index (χ3v) is 1.41. The molecule has 0 fully saturated rings. The zero-order valence-corrected chi connectivity index (χ0v) is 6.06. The van der Waals surface area contributed by atoms with Gasteiger partial charge in [-0.3, -0.25) is 9.78 Å². The van der Waals surface area contributed by atoms with E-state index in [0.717, 1.165) is 11.4 Å². The zero-order chi connectivity index (χ0) is 8.43. The summed E-state index contributed by atoms with van der Waals surface area (Å²) in [5.41, 5.74) is 1.59. The van der Waals surface area contributed by atoms with Crippen LogP contribution in [0.2, 0.25) is 0 Å². The Morgan fingerprint density at radius 3 is 2.80 bits per heavy atom. The summed E-state index contributed by atoms with van der Waals surface area (Å²) < 4.78 is 6.97. The molecule has 1 aromatic rings. The number of rotatable bonds is 0. The molecule has 0 amide bonds. The Kier molecular flexibility index (Phi) is 1.27. The smallest absolute Gasteiger partial charge is 0.269 e. The first-order valence-corrected chi connectivity index (χ1v) is 3.00. The Balaban J connectivity index is 3.32. The van der Waals surface area contributed by atoms with Crippen LogP contribution >= 0.6 is 0 Å². The summed E-state index contributed by atoms with van der Waals surface area (Å²) in [5, 5.41) is 0. The molecule has 54 valence electrons. The summed E-state index contributed by atoms with van der Waals surface area (Å²) in [7, 11) is 0. The lowest BCUT2D eigenvalue weighted by Gasteiger charge is -1.97. The summed E-state index contributed by atoms with van der Waals surface area (Å²) in [6.07, 6.45) is 0. The molecule has 0 atom stereocenters. The van der Waals surface area contributed by atoms with Crippen LogP contribution in [-0.4, -0.2) is 9.97 Å². The first-order chi connectivity index (χ1) is 5.15. The predicted octanol–water partition coefficient (Wildman–Crippen LogP) is 0.695. The van der Waals surface area contributed by atoms with Crippen LogP contribution in [0.3, 0.4) is 0 Å². The van der Waals surface area contributed by atoms with Crippen LogP contribution in [0.1, 0.15) is 18.5 Å². The van der Waals surface area contributed by atoms with Crippen molar-refractivity contribution in [3.8, 4) is 0 Å². The van der Waals surface area contributed by atoms with Crippen LogP contribution in [0.25, 0.3) is 0 Å². The van der Waals surface area contributed by atoms with Crippen molar-refractivity contribution in [2.75, 3.05) is 0 Å². The number of aromatic nitrogens is 2. The highest BCUT2D eigenvalue weighted by Gasteiger charge is 1.97. The van der Waals surface area contributed by atoms with E-state index in [1.165, 1.54) is 0 Å². The van der Waals surface area contributed by atoms with Crippen molar-refractivity contribution in [3.05, 3.63) is 27.4 Å². The van der Waals surface area contributed by atoms with Crippen molar-refractivity contribution in [2.24, 2.45) is 0 Å². The van der Waals surface area contributed by atoms with Gasteiger partial charge < -0.3 is 4.98 Å². The van der Waals surface area contributed by atoms with Gasteiger partial charge in [-0.2, -0.15) is 0 Å². The van der Waals surface area contributed by atoms with Gasteiger partial charge in [0.1, 0.15) is 5.69 Å². The predicted molar refractivity (Wildman–Crippen MR) is 39.1 cm³/mol. The van der Waals surface area contributed by atoms with E-state index in [0.29, 0.717) is 0 Å². The van der Waals surface area contributed by atoms with Crippen LogP contribution in [-0.2, 0) is 0 Å². The minimum atomic E-state index is -0.247. The van der Waals surface area contributed by atoms with Gasteiger partial charge in [-0.1, -0.05) is 0 Å². The van der Waals surface area contributed by atoms with Gasteiger partial charge in [0.05, 0.1) is 5.69 Å². The molecule has 3 heteroatoms. The van der Waals surface area contributed by atoms with Gasteiger partial charge in [0.25, 0.3) is 5.56 Å². The second-order valence-electron chi connectivity index (χ2n) is 2.22. The van der Waals surface area contributed by atoms with Crippen LogP contribution in [0, 0.1) is 20.7 Å². The molecule has 0 saturated heterocycles. The molecule has 0 aliphatic heterocycles. The summed E-state index contributed by atoms with van der Waals surface area (Å²) in [4.78, 5) is 17.6. The summed E-state index contributed by atoms with van der Waals surface area (Å²) in [6.45, 7) is 3.54. The topological polar surface area (TPSA) is 45.8 Å². The maximum atomic E-state index is 11.0. The summed E-state index contributed by atoms with van der Waals surface area (Å²) >= 11 is 0. The van der Waals surface area contributed by atoms with Crippen molar-refractivity contribution < 1.29 is 1.37 Å². The molecule has 0 unspecified atom stereocenters. The Morgan fingerprint density at radius 2 is 2.20 bits per heavy atom. The highest BCUT2D eigenvalue weighted by Crippen LogP contribution is 1.94. The number of aromatic amines is 1. The number of hydrogen-bond acceptors (Lipinski definition) is 2. The van der Waals surface area contributed by atoms with E-state index in [9.17, 15) is 4.79 Å².